The smallest absolute Gasteiger partial charge is 0.169 e. The largest absolute Gasteiger partial charge is 0.390 e. The van der Waals surface area contributed by atoms with Gasteiger partial charge in [0.05, 0.1) is 11.9 Å². The van der Waals surface area contributed by atoms with E-state index in [1.807, 2.05) is 0 Å². The molecular formula is C4H7ClO3S. The molecule has 2 unspecified atom stereocenters. The summed E-state index contributed by atoms with van der Waals surface area (Å²) in [5.74, 6) is 0.0162. The van der Waals surface area contributed by atoms with Crippen molar-refractivity contribution < 1.29 is 13.5 Å². The highest BCUT2D eigenvalue weighted by molar-refractivity contribution is 7.93. The molecule has 0 aromatic heterocycles. The molecule has 0 radical (unpaired) electrons. The molecule has 1 aliphatic heterocycles. The molecule has 0 aromatic rings. The quantitative estimate of drug-likeness (QED) is 0.510. The second-order valence-electron chi connectivity index (χ2n) is 2.07. The van der Waals surface area contributed by atoms with Crippen LogP contribution in [-0.2, 0) is 9.84 Å². The van der Waals surface area contributed by atoms with Crippen molar-refractivity contribution in [2.24, 2.45) is 0 Å². The molecule has 0 bridgehead atoms. The Balaban J connectivity index is 2.87. The number of halogens is 1. The van der Waals surface area contributed by atoms with Crippen LogP contribution < -0.4 is 0 Å². The summed E-state index contributed by atoms with van der Waals surface area (Å²) in [6, 6.07) is 0. The van der Waals surface area contributed by atoms with Crippen molar-refractivity contribution in [1.82, 2.24) is 0 Å². The van der Waals surface area contributed by atoms with E-state index in [1.54, 1.807) is 0 Å². The molecule has 1 N–H and O–H groups in total. The van der Waals surface area contributed by atoms with Gasteiger partial charge in [0.15, 0.2) is 14.5 Å². The summed E-state index contributed by atoms with van der Waals surface area (Å²) in [4.78, 5) is 0. The molecule has 1 saturated heterocycles. The third-order valence-electron chi connectivity index (χ3n) is 1.34. The minimum absolute atomic E-state index is 0.0162. The van der Waals surface area contributed by atoms with Crippen LogP contribution in [0.1, 0.15) is 6.42 Å². The van der Waals surface area contributed by atoms with Gasteiger partial charge >= 0.3 is 0 Å². The summed E-state index contributed by atoms with van der Waals surface area (Å²) < 4.78 is 20.3. The molecule has 1 heterocycles. The van der Waals surface area contributed by atoms with E-state index in [0.717, 1.165) is 0 Å². The van der Waals surface area contributed by atoms with Crippen LogP contribution in [0.15, 0.2) is 0 Å². The molecule has 0 saturated carbocycles. The second-order valence-corrected chi connectivity index (χ2v) is 5.04. The van der Waals surface area contributed by atoms with Gasteiger partial charge in [0.25, 0.3) is 0 Å². The fraction of sp³-hybridized carbons (Fsp3) is 1.00. The maximum atomic E-state index is 10.7. The van der Waals surface area contributed by atoms with Gasteiger partial charge < -0.3 is 5.11 Å². The van der Waals surface area contributed by atoms with Crippen molar-refractivity contribution in [3.63, 3.8) is 0 Å². The van der Waals surface area contributed by atoms with Crippen molar-refractivity contribution in [3.05, 3.63) is 0 Å². The van der Waals surface area contributed by atoms with E-state index in [0.29, 0.717) is 0 Å². The average molecular weight is 171 g/mol. The maximum Gasteiger partial charge on any atom is 0.169 e. The Hall–Kier alpha value is 0.200. The third-order valence-corrected chi connectivity index (χ3v) is 4.25. The minimum Gasteiger partial charge on any atom is -0.390 e. The Kier molecular flexibility index (Phi) is 1.71. The standard InChI is InChI=1S/C4H7ClO3S/c5-4-3(6)1-2-9(4,7)8/h3-4,6H,1-2H2. The number of rotatable bonds is 0. The lowest BCUT2D eigenvalue weighted by Crippen LogP contribution is -2.18. The van der Waals surface area contributed by atoms with Crippen LogP contribution in [-0.4, -0.2) is 30.1 Å². The molecule has 2 atom stereocenters. The fourth-order valence-electron chi connectivity index (χ4n) is 0.768. The molecule has 54 valence electrons. The monoisotopic (exact) mass is 170 g/mol. The van der Waals surface area contributed by atoms with Gasteiger partial charge in [-0.1, -0.05) is 0 Å². The van der Waals surface area contributed by atoms with Gasteiger partial charge in [0.1, 0.15) is 0 Å². The molecule has 1 aliphatic rings. The Morgan fingerprint density at radius 3 is 2.22 bits per heavy atom. The maximum absolute atomic E-state index is 10.7. The van der Waals surface area contributed by atoms with E-state index in [4.69, 9.17) is 16.7 Å². The Morgan fingerprint density at radius 1 is 1.56 bits per heavy atom. The summed E-state index contributed by atoms with van der Waals surface area (Å²) in [6.07, 6.45) is -0.590. The molecule has 9 heavy (non-hydrogen) atoms. The number of hydrogen-bond acceptors (Lipinski definition) is 3. The van der Waals surface area contributed by atoms with Crippen LogP contribution in [0.3, 0.4) is 0 Å². The fourth-order valence-corrected chi connectivity index (χ4v) is 2.57. The topological polar surface area (TPSA) is 54.4 Å². The summed E-state index contributed by atoms with van der Waals surface area (Å²) in [6.45, 7) is 0. The SMILES string of the molecule is O=S1(=O)CCC(O)C1Cl. The number of aliphatic hydroxyl groups is 1. The highest BCUT2D eigenvalue weighted by atomic mass is 35.5. The van der Waals surface area contributed by atoms with Gasteiger partial charge in [-0.05, 0) is 6.42 Å². The predicted molar refractivity (Wildman–Crippen MR) is 34.1 cm³/mol. The first kappa shape index (κ1) is 7.31. The lowest BCUT2D eigenvalue weighted by Gasteiger charge is -2.01. The first-order chi connectivity index (χ1) is 4.04. The Bertz CT molecular complexity index is 198. The minimum atomic E-state index is -3.16. The Morgan fingerprint density at radius 2 is 2.11 bits per heavy atom. The van der Waals surface area contributed by atoms with Gasteiger partial charge in [-0.25, -0.2) is 8.42 Å². The predicted octanol–water partition coefficient (Wildman–Crippen LogP) is -0.269. The van der Waals surface area contributed by atoms with Gasteiger partial charge in [-0.2, -0.15) is 0 Å². The van der Waals surface area contributed by atoms with Crippen LogP contribution in [0.4, 0.5) is 0 Å². The van der Waals surface area contributed by atoms with E-state index < -0.39 is 20.7 Å². The van der Waals surface area contributed by atoms with Crippen molar-refractivity contribution in [2.45, 2.75) is 17.2 Å². The number of sulfone groups is 1. The van der Waals surface area contributed by atoms with Crippen LogP contribution in [0, 0.1) is 0 Å². The van der Waals surface area contributed by atoms with Crippen molar-refractivity contribution in [2.75, 3.05) is 5.75 Å². The summed E-state index contributed by atoms with van der Waals surface area (Å²) in [7, 11) is -3.16. The molecule has 0 aromatic carbocycles. The highest BCUT2D eigenvalue weighted by Gasteiger charge is 2.37. The van der Waals surface area contributed by atoms with Crippen molar-refractivity contribution in [1.29, 1.82) is 0 Å². The molecule has 3 nitrogen and oxygen atoms in total. The number of alkyl halides is 1. The van der Waals surface area contributed by atoms with E-state index in [1.165, 1.54) is 0 Å². The van der Waals surface area contributed by atoms with E-state index in [9.17, 15) is 8.42 Å². The average Bonchev–Trinajstić information content (AvgIpc) is 1.97. The van der Waals surface area contributed by atoms with Crippen molar-refractivity contribution >= 4 is 21.4 Å². The summed E-state index contributed by atoms with van der Waals surface area (Å²) in [5, 5.41) is 8.82. The van der Waals surface area contributed by atoms with Gasteiger partial charge in [0.2, 0.25) is 0 Å². The van der Waals surface area contributed by atoms with Gasteiger partial charge in [-0.15, -0.1) is 11.6 Å². The normalized spacial score (nSPS) is 41.1. The molecule has 1 rings (SSSR count). The third kappa shape index (κ3) is 1.20. The molecule has 5 heteroatoms. The lowest BCUT2D eigenvalue weighted by molar-refractivity contribution is 0.193. The van der Waals surface area contributed by atoms with Crippen molar-refractivity contribution in [3.8, 4) is 0 Å². The second kappa shape index (κ2) is 2.11. The molecule has 0 aliphatic carbocycles. The van der Waals surface area contributed by atoms with Crippen LogP contribution in [0.25, 0.3) is 0 Å². The zero-order valence-electron chi connectivity index (χ0n) is 4.62. The summed E-state index contributed by atoms with van der Waals surface area (Å²) >= 11 is 5.32. The van der Waals surface area contributed by atoms with E-state index in [2.05, 4.69) is 0 Å². The molecular weight excluding hydrogens is 164 g/mol. The number of aliphatic hydroxyl groups excluding tert-OH is 1. The zero-order chi connectivity index (χ0) is 7.07. The van der Waals surface area contributed by atoms with Crippen LogP contribution >= 0.6 is 11.6 Å². The van der Waals surface area contributed by atoms with Crippen LogP contribution in [0.2, 0.25) is 0 Å². The van der Waals surface area contributed by atoms with Crippen LogP contribution in [0.5, 0.6) is 0 Å². The van der Waals surface area contributed by atoms with E-state index in [-0.39, 0.29) is 12.2 Å². The van der Waals surface area contributed by atoms with E-state index >= 15 is 0 Å². The molecule has 0 amide bonds. The Labute approximate surface area is 58.6 Å². The first-order valence-corrected chi connectivity index (χ1v) is 4.73. The summed E-state index contributed by atoms with van der Waals surface area (Å²) in [5.41, 5.74) is 0. The lowest BCUT2D eigenvalue weighted by atomic mass is 10.3. The molecule has 1 fully saturated rings. The number of hydrogen-bond donors (Lipinski definition) is 1. The first-order valence-electron chi connectivity index (χ1n) is 2.58. The zero-order valence-corrected chi connectivity index (χ0v) is 6.19. The molecule has 0 spiro atoms. The van der Waals surface area contributed by atoms with Gasteiger partial charge in [-0.3, -0.25) is 0 Å². The highest BCUT2D eigenvalue weighted by Crippen LogP contribution is 2.23. The van der Waals surface area contributed by atoms with Gasteiger partial charge in [0, 0.05) is 0 Å².